The lowest BCUT2D eigenvalue weighted by Gasteiger charge is -2.30. The Labute approximate surface area is 146 Å². The lowest BCUT2D eigenvalue weighted by molar-refractivity contribution is 0.641. The molecule has 0 unspecified atom stereocenters. The summed E-state index contributed by atoms with van der Waals surface area (Å²) in [6.45, 7) is 6.92. The fraction of sp³-hybridized carbons (Fsp3) is 0.250. The second kappa shape index (κ2) is 7.05. The van der Waals surface area contributed by atoms with E-state index in [0.717, 1.165) is 12.8 Å². The van der Waals surface area contributed by atoms with Crippen molar-refractivity contribution in [1.29, 1.82) is 0 Å². The normalized spacial score (nSPS) is 11.5. The first-order valence-corrected chi connectivity index (χ1v) is 8.88. The highest BCUT2D eigenvalue weighted by molar-refractivity contribution is 5.73. The fourth-order valence-electron chi connectivity index (χ4n) is 3.55. The predicted octanol–water partition coefficient (Wildman–Crippen LogP) is 6.63. The van der Waals surface area contributed by atoms with Crippen LogP contribution in [0.15, 0.2) is 78.9 Å². The number of aryl methyl sites for hydroxylation is 1. The highest BCUT2D eigenvalue weighted by Crippen LogP contribution is 2.40. The molecule has 3 aromatic rings. The molecule has 0 aliphatic carbocycles. The molecule has 0 aliphatic heterocycles. The molecular formula is C24H26. The maximum absolute atomic E-state index is 2.33. The van der Waals surface area contributed by atoms with Gasteiger partial charge in [-0.3, -0.25) is 0 Å². The second-order valence-corrected chi connectivity index (χ2v) is 6.95. The minimum absolute atomic E-state index is 0.0316. The molecule has 0 nitrogen and oxygen atoms in total. The molecule has 0 aromatic heterocycles. The van der Waals surface area contributed by atoms with Crippen LogP contribution in [0.25, 0.3) is 11.1 Å². The first kappa shape index (κ1) is 16.5. The van der Waals surface area contributed by atoms with E-state index in [2.05, 4.69) is 99.6 Å². The van der Waals surface area contributed by atoms with E-state index in [1.54, 1.807) is 0 Å². The molecule has 0 bridgehead atoms. The van der Waals surface area contributed by atoms with Crippen LogP contribution in [-0.4, -0.2) is 0 Å². The Hall–Kier alpha value is -2.34. The van der Waals surface area contributed by atoms with E-state index in [1.807, 2.05) is 0 Å². The molecular weight excluding hydrogens is 288 g/mol. The van der Waals surface area contributed by atoms with Gasteiger partial charge in [0.2, 0.25) is 0 Å². The average molecular weight is 314 g/mol. The average Bonchev–Trinajstić information content (AvgIpc) is 2.63. The van der Waals surface area contributed by atoms with E-state index in [1.165, 1.54) is 27.8 Å². The van der Waals surface area contributed by atoms with Gasteiger partial charge >= 0.3 is 0 Å². The van der Waals surface area contributed by atoms with Crippen molar-refractivity contribution in [3.8, 4) is 11.1 Å². The summed E-state index contributed by atoms with van der Waals surface area (Å²) < 4.78 is 0. The zero-order valence-electron chi connectivity index (χ0n) is 14.9. The lowest BCUT2D eigenvalue weighted by Crippen LogP contribution is -2.20. The molecule has 0 radical (unpaired) electrons. The Morgan fingerprint density at radius 1 is 0.708 bits per heavy atom. The van der Waals surface area contributed by atoms with Crippen LogP contribution < -0.4 is 0 Å². The highest BCUT2D eigenvalue weighted by Gasteiger charge is 2.27. The van der Waals surface area contributed by atoms with Crippen molar-refractivity contribution in [2.75, 3.05) is 0 Å². The van der Waals surface area contributed by atoms with E-state index in [9.17, 15) is 0 Å². The van der Waals surface area contributed by atoms with Gasteiger partial charge in [0, 0.05) is 5.41 Å². The molecule has 0 heteroatoms. The third kappa shape index (κ3) is 3.14. The maximum Gasteiger partial charge on any atom is 0.0152 e. The topological polar surface area (TPSA) is 0 Å². The minimum Gasteiger partial charge on any atom is -0.0651 e. The molecule has 0 heterocycles. The van der Waals surface area contributed by atoms with E-state index >= 15 is 0 Å². The van der Waals surface area contributed by atoms with Crippen molar-refractivity contribution >= 4 is 0 Å². The van der Waals surface area contributed by atoms with E-state index in [-0.39, 0.29) is 5.41 Å². The molecule has 0 aliphatic rings. The minimum atomic E-state index is -0.0316. The summed E-state index contributed by atoms with van der Waals surface area (Å²) in [6.07, 6.45) is 2.28. The van der Waals surface area contributed by atoms with Crippen molar-refractivity contribution in [1.82, 2.24) is 0 Å². The summed E-state index contributed by atoms with van der Waals surface area (Å²) in [5, 5.41) is 0. The second-order valence-electron chi connectivity index (χ2n) is 6.95. The molecule has 0 fully saturated rings. The fourth-order valence-corrected chi connectivity index (χ4v) is 3.55. The molecule has 24 heavy (non-hydrogen) atoms. The van der Waals surface area contributed by atoms with E-state index in [4.69, 9.17) is 0 Å². The molecule has 3 rings (SSSR count). The van der Waals surface area contributed by atoms with Crippen LogP contribution in [0, 0.1) is 0 Å². The van der Waals surface area contributed by atoms with E-state index < -0.39 is 0 Å². The molecule has 0 saturated carbocycles. The predicted molar refractivity (Wildman–Crippen MR) is 104 cm³/mol. The van der Waals surface area contributed by atoms with Gasteiger partial charge in [-0.25, -0.2) is 0 Å². The summed E-state index contributed by atoms with van der Waals surface area (Å²) in [7, 11) is 0. The zero-order chi connectivity index (χ0) is 17.0. The largest absolute Gasteiger partial charge is 0.0651 e. The molecule has 0 N–H and O–H groups in total. The van der Waals surface area contributed by atoms with Crippen LogP contribution in [-0.2, 0) is 11.8 Å². The van der Waals surface area contributed by atoms with E-state index in [0.29, 0.717) is 0 Å². The van der Waals surface area contributed by atoms with Crippen LogP contribution >= 0.6 is 0 Å². The summed E-state index contributed by atoms with van der Waals surface area (Å²) in [6, 6.07) is 28.5. The summed E-state index contributed by atoms with van der Waals surface area (Å²) in [5.74, 6) is 0. The van der Waals surface area contributed by atoms with Crippen molar-refractivity contribution in [3.63, 3.8) is 0 Å². The summed E-state index contributed by atoms with van der Waals surface area (Å²) in [5.41, 5.74) is 6.91. The SMILES string of the molecule is CCCc1cccc(C(C)(C)c2ccccc2)c1-c1ccccc1. The van der Waals surface area contributed by atoms with Gasteiger partial charge in [-0.15, -0.1) is 0 Å². The Kier molecular flexibility index (Phi) is 4.85. The first-order chi connectivity index (χ1) is 11.6. The smallest absolute Gasteiger partial charge is 0.0152 e. The Morgan fingerprint density at radius 3 is 1.96 bits per heavy atom. The van der Waals surface area contributed by atoms with Crippen molar-refractivity contribution in [2.24, 2.45) is 0 Å². The van der Waals surface area contributed by atoms with Gasteiger partial charge in [-0.2, -0.15) is 0 Å². The third-order valence-electron chi connectivity index (χ3n) is 4.90. The molecule has 0 amide bonds. The van der Waals surface area contributed by atoms with Crippen LogP contribution in [0.3, 0.4) is 0 Å². The zero-order valence-corrected chi connectivity index (χ0v) is 14.9. The van der Waals surface area contributed by atoms with Gasteiger partial charge < -0.3 is 0 Å². The van der Waals surface area contributed by atoms with Crippen molar-refractivity contribution < 1.29 is 0 Å². The summed E-state index contributed by atoms with van der Waals surface area (Å²) >= 11 is 0. The van der Waals surface area contributed by atoms with Crippen LogP contribution in [0.5, 0.6) is 0 Å². The monoisotopic (exact) mass is 314 g/mol. The Bertz CT molecular complexity index is 783. The number of rotatable bonds is 5. The maximum atomic E-state index is 2.33. The van der Waals surface area contributed by atoms with Gasteiger partial charge in [0.15, 0.2) is 0 Å². The van der Waals surface area contributed by atoms with Gasteiger partial charge in [0.1, 0.15) is 0 Å². The van der Waals surface area contributed by atoms with Gasteiger partial charge in [-0.1, -0.05) is 106 Å². The number of hydrogen-bond donors (Lipinski definition) is 0. The van der Waals surface area contributed by atoms with Crippen LogP contribution in [0.2, 0.25) is 0 Å². The Morgan fingerprint density at radius 2 is 1.33 bits per heavy atom. The molecule has 0 atom stereocenters. The quantitative estimate of drug-likeness (QED) is 0.495. The standard InChI is InChI=1S/C24H26/c1-4-12-19-15-11-18-22(23(19)20-13-7-5-8-14-20)24(2,3)21-16-9-6-10-17-21/h5-11,13-18H,4,12H2,1-3H3. The highest BCUT2D eigenvalue weighted by atomic mass is 14.3. The van der Waals surface area contributed by atoms with Gasteiger partial charge in [0.05, 0.1) is 0 Å². The first-order valence-electron chi connectivity index (χ1n) is 8.88. The van der Waals surface area contributed by atoms with Gasteiger partial charge in [0.25, 0.3) is 0 Å². The van der Waals surface area contributed by atoms with Crippen LogP contribution in [0.1, 0.15) is 43.9 Å². The lowest BCUT2D eigenvalue weighted by atomic mass is 9.73. The third-order valence-corrected chi connectivity index (χ3v) is 4.90. The summed E-state index contributed by atoms with van der Waals surface area (Å²) in [4.78, 5) is 0. The molecule has 0 saturated heterocycles. The van der Waals surface area contributed by atoms with Crippen molar-refractivity contribution in [3.05, 3.63) is 95.6 Å². The number of hydrogen-bond acceptors (Lipinski definition) is 0. The van der Waals surface area contributed by atoms with Crippen LogP contribution in [0.4, 0.5) is 0 Å². The number of benzene rings is 3. The molecule has 0 spiro atoms. The molecule has 3 aromatic carbocycles. The van der Waals surface area contributed by atoms with Crippen molar-refractivity contribution in [2.45, 2.75) is 39.0 Å². The molecule has 122 valence electrons. The Balaban J connectivity index is 2.23. The van der Waals surface area contributed by atoms with Gasteiger partial charge in [-0.05, 0) is 34.2 Å².